The molecule has 1 fully saturated rings. The second-order valence-electron chi connectivity index (χ2n) is 3.06. The van der Waals surface area contributed by atoms with E-state index in [1.54, 1.807) is 11.8 Å². The van der Waals surface area contributed by atoms with Crippen LogP contribution in [0.1, 0.15) is 13.8 Å². The molecule has 1 aliphatic heterocycles. The Morgan fingerprint density at radius 1 is 1.73 bits per heavy atom. The number of thioether (sulfide) groups is 1. The number of carboxylic acid groups (broad SMARTS) is 1. The van der Waals surface area contributed by atoms with Gasteiger partial charge in [0.2, 0.25) is 0 Å². The number of aliphatic carboxylic acids is 1. The van der Waals surface area contributed by atoms with Gasteiger partial charge in [-0.1, -0.05) is 13.8 Å². The third kappa shape index (κ3) is 2.10. The quantitative estimate of drug-likeness (QED) is 0.650. The minimum absolute atomic E-state index is 0.316. The lowest BCUT2D eigenvalue weighted by Gasteiger charge is -2.13. The van der Waals surface area contributed by atoms with E-state index in [0.29, 0.717) is 17.0 Å². The second-order valence-corrected chi connectivity index (χ2v) is 4.23. The second kappa shape index (κ2) is 3.45. The standard InChI is InChI=1S/C7H13NO2S/c1-4(2)6-8-5(3-11-6)7(9)10/h4-6,8H,3H2,1-2H3,(H,9,10)/t5-,6?/m1/s1. The van der Waals surface area contributed by atoms with Crippen molar-refractivity contribution in [1.82, 2.24) is 5.32 Å². The molecule has 0 aliphatic carbocycles. The fourth-order valence-corrected chi connectivity index (χ4v) is 2.31. The molecular formula is C7H13NO2S. The topological polar surface area (TPSA) is 49.3 Å². The van der Waals surface area contributed by atoms with Crippen LogP contribution in [0.3, 0.4) is 0 Å². The van der Waals surface area contributed by atoms with Crippen molar-refractivity contribution >= 4 is 17.7 Å². The summed E-state index contributed by atoms with van der Waals surface area (Å²) >= 11 is 1.69. The van der Waals surface area contributed by atoms with Gasteiger partial charge < -0.3 is 5.11 Å². The number of carboxylic acids is 1. The summed E-state index contributed by atoms with van der Waals surface area (Å²) in [6, 6.07) is -0.340. The number of hydrogen-bond acceptors (Lipinski definition) is 3. The monoisotopic (exact) mass is 175 g/mol. The molecule has 4 heteroatoms. The van der Waals surface area contributed by atoms with Gasteiger partial charge in [0.1, 0.15) is 6.04 Å². The van der Waals surface area contributed by atoms with Gasteiger partial charge in [0, 0.05) is 5.75 Å². The Morgan fingerprint density at radius 3 is 2.64 bits per heavy atom. The molecule has 0 aromatic carbocycles. The number of rotatable bonds is 2. The molecule has 0 radical (unpaired) electrons. The molecule has 0 saturated carbocycles. The summed E-state index contributed by atoms with van der Waals surface area (Å²) in [4.78, 5) is 10.5. The zero-order valence-electron chi connectivity index (χ0n) is 6.70. The van der Waals surface area contributed by atoms with Gasteiger partial charge in [-0.15, -0.1) is 11.8 Å². The van der Waals surface area contributed by atoms with E-state index in [1.807, 2.05) is 0 Å². The summed E-state index contributed by atoms with van der Waals surface area (Å²) in [5.41, 5.74) is 0. The van der Waals surface area contributed by atoms with Crippen molar-refractivity contribution in [3.05, 3.63) is 0 Å². The molecule has 1 rings (SSSR count). The third-order valence-electron chi connectivity index (χ3n) is 1.71. The van der Waals surface area contributed by atoms with E-state index in [0.717, 1.165) is 0 Å². The largest absolute Gasteiger partial charge is 0.480 e. The minimum Gasteiger partial charge on any atom is -0.480 e. The highest BCUT2D eigenvalue weighted by molar-refractivity contribution is 8.00. The summed E-state index contributed by atoms with van der Waals surface area (Å²) in [6.45, 7) is 4.18. The maximum absolute atomic E-state index is 10.5. The Hall–Kier alpha value is -0.220. The van der Waals surface area contributed by atoms with Gasteiger partial charge in [0.25, 0.3) is 0 Å². The van der Waals surface area contributed by atoms with E-state index in [1.165, 1.54) is 0 Å². The van der Waals surface area contributed by atoms with Gasteiger partial charge >= 0.3 is 5.97 Å². The van der Waals surface area contributed by atoms with Gasteiger partial charge in [0.15, 0.2) is 0 Å². The van der Waals surface area contributed by atoms with Crippen LogP contribution in [-0.4, -0.2) is 28.2 Å². The van der Waals surface area contributed by atoms with Crippen molar-refractivity contribution in [3.8, 4) is 0 Å². The predicted octanol–water partition coefficient (Wildman–Crippen LogP) is 0.758. The molecule has 0 bridgehead atoms. The van der Waals surface area contributed by atoms with Crippen molar-refractivity contribution in [2.24, 2.45) is 5.92 Å². The summed E-state index contributed by atoms with van der Waals surface area (Å²) in [5.74, 6) is 0.461. The van der Waals surface area contributed by atoms with Crippen molar-refractivity contribution in [2.75, 3.05) is 5.75 Å². The molecule has 64 valence electrons. The van der Waals surface area contributed by atoms with Gasteiger partial charge in [-0.3, -0.25) is 10.1 Å². The van der Waals surface area contributed by atoms with Crippen LogP contribution in [0.15, 0.2) is 0 Å². The molecule has 1 unspecified atom stereocenters. The highest BCUT2D eigenvalue weighted by Gasteiger charge is 2.30. The normalized spacial score (nSPS) is 31.2. The van der Waals surface area contributed by atoms with Crippen LogP contribution in [-0.2, 0) is 4.79 Å². The van der Waals surface area contributed by atoms with Gasteiger partial charge in [-0.2, -0.15) is 0 Å². The van der Waals surface area contributed by atoms with Crippen molar-refractivity contribution < 1.29 is 9.90 Å². The molecule has 0 spiro atoms. The summed E-state index contributed by atoms with van der Waals surface area (Å²) in [7, 11) is 0. The lowest BCUT2D eigenvalue weighted by molar-refractivity contribution is -0.138. The molecule has 1 saturated heterocycles. The van der Waals surface area contributed by atoms with E-state index in [9.17, 15) is 4.79 Å². The number of nitrogens with one attached hydrogen (secondary N) is 1. The maximum Gasteiger partial charge on any atom is 0.321 e. The van der Waals surface area contributed by atoms with Crippen molar-refractivity contribution in [1.29, 1.82) is 0 Å². The van der Waals surface area contributed by atoms with Gasteiger partial charge in [-0.05, 0) is 5.92 Å². The van der Waals surface area contributed by atoms with Crippen LogP contribution >= 0.6 is 11.8 Å². The summed E-state index contributed by atoms with van der Waals surface area (Å²) in [6.07, 6.45) is 0. The van der Waals surface area contributed by atoms with Crippen LogP contribution in [0.2, 0.25) is 0 Å². The molecule has 2 N–H and O–H groups in total. The first-order chi connectivity index (χ1) is 5.11. The third-order valence-corrected chi connectivity index (χ3v) is 3.28. The highest BCUT2D eigenvalue weighted by atomic mass is 32.2. The van der Waals surface area contributed by atoms with Crippen LogP contribution in [0, 0.1) is 5.92 Å². The molecule has 1 heterocycles. The Balaban J connectivity index is 2.41. The molecule has 1 aliphatic rings. The average molecular weight is 175 g/mol. The molecule has 0 aromatic rings. The van der Waals surface area contributed by atoms with Crippen LogP contribution in [0.5, 0.6) is 0 Å². The van der Waals surface area contributed by atoms with Crippen molar-refractivity contribution in [2.45, 2.75) is 25.3 Å². The number of carbonyl (C=O) groups is 1. The molecule has 3 nitrogen and oxygen atoms in total. The Morgan fingerprint density at radius 2 is 2.36 bits per heavy atom. The molecule has 0 aromatic heterocycles. The van der Waals surface area contributed by atoms with Crippen molar-refractivity contribution in [3.63, 3.8) is 0 Å². The molecule has 0 amide bonds. The fourth-order valence-electron chi connectivity index (χ4n) is 1.02. The lowest BCUT2D eigenvalue weighted by atomic mass is 10.2. The van der Waals surface area contributed by atoms with E-state index in [-0.39, 0.29) is 6.04 Å². The Bertz CT molecular complexity index is 161. The highest BCUT2D eigenvalue weighted by Crippen LogP contribution is 2.24. The smallest absolute Gasteiger partial charge is 0.321 e. The van der Waals surface area contributed by atoms with Crippen LogP contribution in [0.4, 0.5) is 0 Å². The van der Waals surface area contributed by atoms with E-state index in [2.05, 4.69) is 19.2 Å². The summed E-state index contributed by atoms with van der Waals surface area (Å²) < 4.78 is 0. The molecule has 11 heavy (non-hydrogen) atoms. The van der Waals surface area contributed by atoms with E-state index >= 15 is 0 Å². The zero-order valence-corrected chi connectivity index (χ0v) is 7.52. The Labute approximate surface area is 70.6 Å². The van der Waals surface area contributed by atoms with Crippen LogP contribution < -0.4 is 5.32 Å². The Kier molecular flexibility index (Phi) is 2.78. The molecule has 2 atom stereocenters. The van der Waals surface area contributed by atoms with Gasteiger partial charge in [-0.25, -0.2) is 0 Å². The van der Waals surface area contributed by atoms with Crippen LogP contribution in [0.25, 0.3) is 0 Å². The first kappa shape index (κ1) is 8.87. The first-order valence-electron chi connectivity index (χ1n) is 3.71. The fraction of sp³-hybridized carbons (Fsp3) is 0.857. The SMILES string of the molecule is CC(C)C1N[C@@H](C(=O)O)CS1. The van der Waals surface area contributed by atoms with E-state index < -0.39 is 5.97 Å². The van der Waals surface area contributed by atoms with E-state index in [4.69, 9.17) is 5.11 Å². The molecular weight excluding hydrogens is 162 g/mol. The maximum atomic E-state index is 10.5. The zero-order chi connectivity index (χ0) is 8.43. The minimum atomic E-state index is -0.736. The lowest BCUT2D eigenvalue weighted by Crippen LogP contribution is -2.38. The first-order valence-corrected chi connectivity index (χ1v) is 4.76. The predicted molar refractivity (Wildman–Crippen MR) is 45.6 cm³/mol. The summed E-state index contributed by atoms with van der Waals surface area (Å²) in [5, 5.41) is 12.0. The average Bonchev–Trinajstić information content (AvgIpc) is 2.33. The number of hydrogen-bond donors (Lipinski definition) is 2. The van der Waals surface area contributed by atoms with Gasteiger partial charge in [0.05, 0.1) is 5.37 Å².